The minimum absolute atomic E-state index is 0.00698. The van der Waals surface area contributed by atoms with E-state index in [2.05, 4.69) is 20.3 Å². The summed E-state index contributed by atoms with van der Waals surface area (Å²) in [6, 6.07) is 8.35. The molecule has 0 aliphatic rings. The molecule has 2 N–H and O–H groups in total. The van der Waals surface area contributed by atoms with E-state index in [4.69, 9.17) is 10.2 Å². The standard InChI is InChI=1S/C16H13N7O3/c1-9-4-5-11(23(24)25)10(7-9)8-22-15-14(20-21-22)13(18-16(17)19-15)12-3-2-6-26-12/h2-7H,8H2,1H3,(H2,17,18,19). The SMILES string of the molecule is Cc1ccc([N+](=O)[O-])c(Cn2nnc3c(-c4ccco4)nc(N)nc32)c1. The normalized spacial score (nSPS) is 11.1. The van der Waals surface area contributed by atoms with Gasteiger partial charge in [-0.2, -0.15) is 4.98 Å². The average Bonchev–Trinajstić information content (AvgIpc) is 3.25. The Balaban J connectivity index is 1.85. The summed E-state index contributed by atoms with van der Waals surface area (Å²) in [5, 5.41) is 19.5. The van der Waals surface area contributed by atoms with Gasteiger partial charge in [-0.15, -0.1) is 5.10 Å². The Labute approximate surface area is 146 Å². The molecule has 10 heteroatoms. The molecule has 0 atom stereocenters. The first-order valence-electron chi connectivity index (χ1n) is 7.67. The van der Waals surface area contributed by atoms with Crippen molar-refractivity contribution >= 4 is 22.8 Å². The molecular weight excluding hydrogens is 338 g/mol. The lowest BCUT2D eigenvalue weighted by atomic mass is 10.1. The Hall–Kier alpha value is -3.82. The molecule has 0 aliphatic carbocycles. The zero-order valence-electron chi connectivity index (χ0n) is 13.7. The molecule has 10 nitrogen and oxygen atoms in total. The van der Waals surface area contributed by atoms with Crippen molar-refractivity contribution in [1.82, 2.24) is 25.0 Å². The van der Waals surface area contributed by atoms with Gasteiger partial charge in [-0.1, -0.05) is 16.8 Å². The zero-order chi connectivity index (χ0) is 18.3. The molecule has 26 heavy (non-hydrogen) atoms. The van der Waals surface area contributed by atoms with Crippen LogP contribution in [0.4, 0.5) is 11.6 Å². The molecule has 0 fully saturated rings. The Kier molecular flexibility index (Phi) is 3.57. The van der Waals surface area contributed by atoms with Gasteiger partial charge in [0.2, 0.25) is 5.95 Å². The van der Waals surface area contributed by atoms with Crippen LogP contribution >= 0.6 is 0 Å². The number of aromatic nitrogens is 5. The van der Waals surface area contributed by atoms with Crippen molar-refractivity contribution in [3.63, 3.8) is 0 Å². The fourth-order valence-electron chi connectivity index (χ4n) is 2.74. The number of benzene rings is 1. The first kappa shape index (κ1) is 15.7. The topological polar surface area (TPSA) is 139 Å². The minimum atomic E-state index is -0.425. The summed E-state index contributed by atoms with van der Waals surface area (Å²) in [6.07, 6.45) is 1.51. The van der Waals surface area contributed by atoms with E-state index in [-0.39, 0.29) is 18.2 Å². The van der Waals surface area contributed by atoms with Crippen molar-refractivity contribution in [2.45, 2.75) is 13.5 Å². The second kappa shape index (κ2) is 5.92. The lowest BCUT2D eigenvalue weighted by Gasteiger charge is -2.05. The van der Waals surface area contributed by atoms with Gasteiger partial charge in [0.1, 0.15) is 5.69 Å². The minimum Gasteiger partial charge on any atom is -0.463 e. The van der Waals surface area contributed by atoms with Crippen LogP contribution in [-0.4, -0.2) is 29.9 Å². The highest BCUT2D eigenvalue weighted by molar-refractivity contribution is 5.85. The Bertz CT molecular complexity index is 1120. The number of hydrogen-bond acceptors (Lipinski definition) is 8. The summed E-state index contributed by atoms with van der Waals surface area (Å²) in [5.74, 6) is 0.517. The number of nitrogens with two attached hydrogens (primary N) is 1. The molecule has 1 aromatic carbocycles. The van der Waals surface area contributed by atoms with E-state index in [1.165, 1.54) is 17.0 Å². The number of nitro groups is 1. The second-order valence-electron chi connectivity index (χ2n) is 5.72. The first-order valence-corrected chi connectivity index (χ1v) is 7.67. The van der Waals surface area contributed by atoms with E-state index >= 15 is 0 Å². The summed E-state index contributed by atoms with van der Waals surface area (Å²) < 4.78 is 6.82. The first-order chi connectivity index (χ1) is 12.5. The van der Waals surface area contributed by atoms with Crippen molar-refractivity contribution in [3.8, 4) is 11.5 Å². The van der Waals surface area contributed by atoms with Crippen LogP contribution in [0.5, 0.6) is 0 Å². The van der Waals surface area contributed by atoms with Gasteiger partial charge in [-0.25, -0.2) is 9.67 Å². The number of hydrogen-bond donors (Lipinski definition) is 1. The molecule has 0 aliphatic heterocycles. The van der Waals surface area contributed by atoms with Gasteiger partial charge in [0.15, 0.2) is 16.9 Å². The van der Waals surface area contributed by atoms with Crippen LogP contribution < -0.4 is 5.73 Å². The van der Waals surface area contributed by atoms with Crippen molar-refractivity contribution in [3.05, 3.63) is 57.8 Å². The number of furan rings is 1. The van der Waals surface area contributed by atoms with Gasteiger partial charge >= 0.3 is 0 Å². The molecule has 0 unspecified atom stereocenters. The highest BCUT2D eigenvalue weighted by Crippen LogP contribution is 2.27. The molecule has 0 spiro atoms. The smallest absolute Gasteiger partial charge is 0.274 e. The maximum atomic E-state index is 11.3. The second-order valence-corrected chi connectivity index (χ2v) is 5.72. The van der Waals surface area contributed by atoms with Crippen LogP contribution in [0, 0.1) is 17.0 Å². The van der Waals surface area contributed by atoms with Crippen molar-refractivity contribution < 1.29 is 9.34 Å². The van der Waals surface area contributed by atoms with E-state index in [0.717, 1.165) is 5.56 Å². The fraction of sp³-hybridized carbons (Fsp3) is 0.125. The predicted octanol–water partition coefficient (Wildman–Crippen LogP) is 2.33. The van der Waals surface area contributed by atoms with Crippen LogP contribution in [0.1, 0.15) is 11.1 Å². The van der Waals surface area contributed by atoms with Gasteiger partial charge < -0.3 is 10.2 Å². The van der Waals surface area contributed by atoms with Gasteiger partial charge in [0.05, 0.1) is 23.3 Å². The number of aryl methyl sites for hydroxylation is 1. The van der Waals surface area contributed by atoms with Crippen molar-refractivity contribution in [2.75, 3.05) is 5.73 Å². The van der Waals surface area contributed by atoms with Crippen molar-refractivity contribution in [1.29, 1.82) is 0 Å². The summed E-state index contributed by atoms with van der Waals surface area (Å²) in [5.41, 5.74) is 8.42. The number of nitro benzene ring substituents is 1. The molecule has 0 saturated carbocycles. The van der Waals surface area contributed by atoms with Gasteiger partial charge in [-0.05, 0) is 25.1 Å². The summed E-state index contributed by atoms with van der Waals surface area (Å²) in [7, 11) is 0. The molecule has 0 saturated heterocycles. The third-order valence-electron chi connectivity index (χ3n) is 3.89. The average molecular weight is 351 g/mol. The molecule has 3 aromatic heterocycles. The number of anilines is 1. The van der Waals surface area contributed by atoms with E-state index in [1.54, 1.807) is 24.3 Å². The molecule has 0 radical (unpaired) electrons. The monoisotopic (exact) mass is 351 g/mol. The van der Waals surface area contributed by atoms with Gasteiger partial charge in [0, 0.05) is 6.07 Å². The summed E-state index contributed by atoms with van der Waals surface area (Å²) in [6.45, 7) is 1.99. The van der Waals surface area contributed by atoms with E-state index < -0.39 is 4.92 Å². The Morgan fingerprint density at radius 2 is 2.15 bits per heavy atom. The molecule has 4 rings (SSSR count). The van der Waals surface area contributed by atoms with Crippen molar-refractivity contribution in [2.24, 2.45) is 0 Å². The molecule has 3 heterocycles. The molecular formula is C16H13N7O3. The van der Waals surface area contributed by atoms with Crippen LogP contribution in [0.15, 0.2) is 41.0 Å². The lowest BCUT2D eigenvalue weighted by Crippen LogP contribution is -2.07. The van der Waals surface area contributed by atoms with Crippen LogP contribution in [0.2, 0.25) is 0 Å². The Morgan fingerprint density at radius 3 is 2.88 bits per heavy atom. The third kappa shape index (κ3) is 2.62. The molecule has 0 amide bonds. The highest BCUT2D eigenvalue weighted by Gasteiger charge is 2.20. The van der Waals surface area contributed by atoms with E-state index in [1.807, 2.05) is 6.92 Å². The van der Waals surface area contributed by atoms with E-state index in [0.29, 0.717) is 28.2 Å². The third-order valence-corrected chi connectivity index (χ3v) is 3.89. The zero-order valence-corrected chi connectivity index (χ0v) is 13.7. The fourth-order valence-corrected chi connectivity index (χ4v) is 2.74. The number of rotatable bonds is 4. The van der Waals surface area contributed by atoms with Crippen LogP contribution in [0.3, 0.4) is 0 Å². The number of nitrogen functional groups attached to an aromatic ring is 1. The Morgan fingerprint density at radius 1 is 1.31 bits per heavy atom. The maximum Gasteiger partial charge on any atom is 0.274 e. The highest BCUT2D eigenvalue weighted by atomic mass is 16.6. The van der Waals surface area contributed by atoms with Gasteiger partial charge in [0.25, 0.3) is 5.69 Å². The van der Waals surface area contributed by atoms with Crippen LogP contribution in [0.25, 0.3) is 22.6 Å². The lowest BCUT2D eigenvalue weighted by molar-refractivity contribution is -0.385. The quantitative estimate of drug-likeness (QED) is 0.436. The number of nitrogens with zero attached hydrogens (tertiary/aromatic N) is 6. The molecule has 4 aromatic rings. The van der Waals surface area contributed by atoms with Gasteiger partial charge in [-0.3, -0.25) is 10.1 Å². The number of fused-ring (bicyclic) bond motifs is 1. The van der Waals surface area contributed by atoms with E-state index in [9.17, 15) is 10.1 Å². The molecule has 0 bridgehead atoms. The summed E-state index contributed by atoms with van der Waals surface area (Å²) in [4.78, 5) is 19.2. The molecule has 130 valence electrons. The summed E-state index contributed by atoms with van der Waals surface area (Å²) >= 11 is 0. The predicted molar refractivity (Wildman–Crippen MR) is 92.2 cm³/mol. The maximum absolute atomic E-state index is 11.3. The van der Waals surface area contributed by atoms with Crippen LogP contribution in [-0.2, 0) is 6.54 Å². The largest absolute Gasteiger partial charge is 0.463 e.